The van der Waals surface area contributed by atoms with Crippen molar-refractivity contribution >= 4 is 37.3 Å². The quantitative estimate of drug-likeness (QED) is 0.407. The van der Waals surface area contributed by atoms with Crippen LogP contribution in [0.2, 0.25) is 0 Å². The van der Waals surface area contributed by atoms with Gasteiger partial charge in [0.1, 0.15) is 17.2 Å². The summed E-state index contributed by atoms with van der Waals surface area (Å²) in [4.78, 5) is 13.3. The lowest BCUT2D eigenvalue weighted by molar-refractivity contribution is -0.114. The van der Waals surface area contributed by atoms with Gasteiger partial charge in [0.05, 0.1) is 30.9 Å². The fourth-order valence-corrected chi connectivity index (χ4v) is 7.42. The lowest BCUT2D eigenvalue weighted by Crippen LogP contribution is -2.40. The van der Waals surface area contributed by atoms with Gasteiger partial charge in [-0.1, -0.05) is 29.8 Å². The summed E-state index contributed by atoms with van der Waals surface area (Å²) in [6.45, 7) is 5.94. The average Bonchev–Trinajstić information content (AvgIpc) is 2.94. The van der Waals surface area contributed by atoms with Crippen molar-refractivity contribution in [1.82, 2.24) is 4.31 Å². The zero-order valence-corrected chi connectivity index (χ0v) is 24.5. The number of morpholine rings is 1. The van der Waals surface area contributed by atoms with Gasteiger partial charge in [-0.2, -0.15) is 4.31 Å². The molecule has 1 N–H and O–H groups in total. The number of anilines is 2. The third-order valence-corrected chi connectivity index (χ3v) is 10.5. The maximum atomic E-state index is 13.8. The molecule has 0 aromatic heterocycles. The second kappa shape index (κ2) is 12.0. The Morgan fingerprint density at radius 2 is 1.65 bits per heavy atom. The minimum Gasteiger partial charge on any atom is -0.495 e. The van der Waals surface area contributed by atoms with Crippen LogP contribution in [0.4, 0.5) is 11.4 Å². The van der Waals surface area contributed by atoms with E-state index in [1.807, 2.05) is 19.9 Å². The van der Waals surface area contributed by atoms with Crippen molar-refractivity contribution in [3.8, 4) is 5.75 Å². The number of ether oxygens (including phenoxy) is 2. The van der Waals surface area contributed by atoms with E-state index < -0.39 is 32.5 Å². The molecule has 1 fully saturated rings. The van der Waals surface area contributed by atoms with Crippen molar-refractivity contribution in [3.05, 3.63) is 77.4 Å². The molecular weight excluding hydrogens is 554 g/mol. The summed E-state index contributed by atoms with van der Waals surface area (Å²) in [5, 5.41) is 2.67. The van der Waals surface area contributed by atoms with Crippen molar-refractivity contribution in [1.29, 1.82) is 0 Å². The summed E-state index contributed by atoms with van der Waals surface area (Å²) < 4.78 is 67.2. The molecule has 3 aromatic carbocycles. The topological polar surface area (TPSA) is 122 Å². The van der Waals surface area contributed by atoms with Crippen LogP contribution >= 0.6 is 0 Å². The summed E-state index contributed by atoms with van der Waals surface area (Å²) in [6, 6.07) is 15.9. The summed E-state index contributed by atoms with van der Waals surface area (Å²) in [7, 11) is -6.68. The highest BCUT2D eigenvalue weighted by Gasteiger charge is 2.31. The molecular formula is C28H33N3O7S2. The van der Waals surface area contributed by atoms with Crippen LogP contribution in [0, 0.1) is 20.8 Å². The summed E-state index contributed by atoms with van der Waals surface area (Å²) in [6.07, 6.45) is 0. The van der Waals surface area contributed by atoms with Crippen LogP contribution in [0.5, 0.6) is 5.75 Å². The van der Waals surface area contributed by atoms with E-state index in [9.17, 15) is 21.6 Å². The first kappa shape index (κ1) is 29.5. The van der Waals surface area contributed by atoms with E-state index in [4.69, 9.17) is 9.47 Å². The van der Waals surface area contributed by atoms with Gasteiger partial charge < -0.3 is 14.8 Å². The molecule has 0 aliphatic carbocycles. The number of hydrogen-bond acceptors (Lipinski definition) is 7. The van der Waals surface area contributed by atoms with Crippen molar-refractivity contribution in [2.75, 3.05) is 49.6 Å². The highest BCUT2D eigenvalue weighted by atomic mass is 32.2. The molecule has 0 radical (unpaired) electrons. The summed E-state index contributed by atoms with van der Waals surface area (Å²) >= 11 is 0. The third-order valence-electron chi connectivity index (χ3n) is 6.78. The lowest BCUT2D eigenvalue weighted by atomic mass is 10.1. The standard InChI is InChI=1S/C28H33N3O7S2/c1-20-8-11-24(12-9-20)39(33,34)31(25-7-5-6-21(2)22(25)3)19-28(32)29-23-10-13-26(37-4)27(18-23)40(35,36)30-14-16-38-17-15-30/h5-13,18H,14-17,19H2,1-4H3,(H,29,32). The van der Waals surface area contributed by atoms with Gasteiger partial charge in [-0.05, 0) is 68.3 Å². The Morgan fingerprint density at radius 1 is 0.975 bits per heavy atom. The van der Waals surface area contributed by atoms with Crippen LogP contribution < -0.4 is 14.4 Å². The van der Waals surface area contributed by atoms with Gasteiger partial charge >= 0.3 is 0 Å². The molecule has 0 atom stereocenters. The van der Waals surface area contributed by atoms with Gasteiger partial charge in [0, 0.05) is 18.8 Å². The Morgan fingerprint density at radius 3 is 2.30 bits per heavy atom. The van der Waals surface area contributed by atoms with E-state index in [0.29, 0.717) is 11.3 Å². The van der Waals surface area contributed by atoms with Crippen molar-refractivity contribution in [2.45, 2.75) is 30.6 Å². The molecule has 0 spiro atoms. The van der Waals surface area contributed by atoms with Crippen LogP contribution in [-0.4, -0.2) is 67.0 Å². The first-order valence-corrected chi connectivity index (χ1v) is 15.5. The van der Waals surface area contributed by atoms with Gasteiger partial charge in [0.2, 0.25) is 15.9 Å². The number of carbonyl (C=O) groups excluding carboxylic acids is 1. The predicted octanol–water partition coefficient (Wildman–Crippen LogP) is 3.48. The first-order chi connectivity index (χ1) is 18.9. The predicted molar refractivity (Wildman–Crippen MR) is 153 cm³/mol. The molecule has 1 saturated heterocycles. The minimum atomic E-state index is -4.12. The second-order valence-corrected chi connectivity index (χ2v) is 13.2. The number of benzene rings is 3. The Hall–Kier alpha value is -3.45. The molecule has 0 saturated carbocycles. The van der Waals surface area contributed by atoms with Crippen molar-refractivity contribution < 1.29 is 31.1 Å². The Bertz CT molecular complexity index is 1600. The number of hydrogen-bond donors (Lipinski definition) is 1. The van der Waals surface area contributed by atoms with Crippen molar-refractivity contribution in [2.24, 2.45) is 0 Å². The number of amides is 1. The summed E-state index contributed by atoms with van der Waals surface area (Å²) in [5.74, 6) is -0.514. The zero-order chi connectivity index (χ0) is 29.1. The molecule has 40 heavy (non-hydrogen) atoms. The Labute approximate surface area is 235 Å². The molecule has 0 unspecified atom stereocenters. The normalized spacial score (nSPS) is 14.5. The fourth-order valence-electron chi connectivity index (χ4n) is 4.36. The molecule has 4 rings (SSSR count). The number of methoxy groups -OCH3 is 1. The van der Waals surface area contributed by atoms with E-state index in [-0.39, 0.29) is 47.5 Å². The Balaban J connectivity index is 1.67. The second-order valence-electron chi connectivity index (χ2n) is 9.47. The van der Waals surface area contributed by atoms with E-state index in [1.54, 1.807) is 31.2 Å². The number of rotatable bonds is 9. The number of carbonyl (C=O) groups is 1. The van der Waals surface area contributed by atoms with Crippen molar-refractivity contribution in [3.63, 3.8) is 0 Å². The number of nitrogens with zero attached hydrogens (tertiary/aromatic N) is 2. The maximum Gasteiger partial charge on any atom is 0.264 e. The third kappa shape index (κ3) is 6.15. The molecule has 214 valence electrons. The van der Waals surface area contributed by atoms with Gasteiger partial charge in [-0.15, -0.1) is 0 Å². The molecule has 1 heterocycles. The summed E-state index contributed by atoms with van der Waals surface area (Å²) in [5.41, 5.74) is 3.05. The molecule has 1 aliphatic heterocycles. The van der Waals surface area contributed by atoms with Crippen LogP contribution in [0.15, 0.2) is 70.5 Å². The molecule has 12 heteroatoms. The minimum absolute atomic E-state index is 0.0511. The first-order valence-electron chi connectivity index (χ1n) is 12.7. The smallest absolute Gasteiger partial charge is 0.264 e. The highest BCUT2D eigenvalue weighted by Crippen LogP contribution is 2.31. The van der Waals surface area contributed by atoms with Gasteiger partial charge in [0.25, 0.3) is 10.0 Å². The monoisotopic (exact) mass is 587 g/mol. The molecule has 0 bridgehead atoms. The van der Waals surface area contributed by atoms with E-state index in [0.717, 1.165) is 15.4 Å². The number of aryl methyl sites for hydroxylation is 2. The van der Waals surface area contributed by atoms with Crippen LogP contribution in [0.3, 0.4) is 0 Å². The molecule has 1 amide bonds. The highest BCUT2D eigenvalue weighted by molar-refractivity contribution is 7.92. The largest absolute Gasteiger partial charge is 0.495 e. The van der Waals surface area contributed by atoms with Crippen LogP contribution in [0.25, 0.3) is 0 Å². The van der Waals surface area contributed by atoms with E-state index >= 15 is 0 Å². The Kier molecular flexibility index (Phi) is 8.83. The average molecular weight is 588 g/mol. The number of nitrogens with one attached hydrogen (secondary N) is 1. The fraction of sp³-hybridized carbons (Fsp3) is 0.321. The van der Waals surface area contributed by atoms with E-state index in [2.05, 4.69) is 5.32 Å². The zero-order valence-electron chi connectivity index (χ0n) is 22.9. The number of sulfonamides is 2. The maximum absolute atomic E-state index is 13.8. The van der Waals surface area contributed by atoms with Gasteiger partial charge in [-0.3, -0.25) is 9.10 Å². The van der Waals surface area contributed by atoms with Crippen LogP contribution in [-0.2, 0) is 29.6 Å². The van der Waals surface area contributed by atoms with Gasteiger partial charge in [0.15, 0.2) is 0 Å². The molecule has 1 aliphatic rings. The SMILES string of the molecule is COc1ccc(NC(=O)CN(c2cccc(C)c2C)S(=O)(=O)c2ccc(C)cc2)cc1S(=O)(=O)N1CCOCC1. The van der Waals surface area contributed by atoms with E-state index in [1.165, 1.54) is 41.7 Å². The molecule has 3 aromatic rings. The van der Waals surface area contributed by atoms with Crippen LogP contribution in [0.1, 0.15) is 16.7 Å². The lowest BCUT2D eigenvalue weighted by Gasteiger charge is -2.27. The molecule has 10 nitrogen and oxygen atoms in total. The van der Waals surface area contributed by atoms with Gasteiger partial charge in [-0.25, -0.2) is 16.8 Å².